The molecular formula is C19H21ClN4O. The van der Waals surface area contributed by atoms with Gasteiger partial charge in [0.15, 0.2) is 0 Å². The molecule has 0 aliphatic carbocycles. The summed E-state index contributed by atoms with van der Waals surface area (Å²) < 4.78 is 0. The van der Waals surface area contributed by atoms with Crippen LogP contribution in [0.1, 0.15) is 34.5 Å². The standard InChI is InChI=1S/C19H21ClN4O/c1-12-17(23-7-5-21-6-8-23)10-22-11-18(12)24-13(2)16-9-14(20)3-4-15(16)19(24)25/h3-4,9-11,13,21H,5-8H2,1-2H3. The Morgan fingerprint density at radius 2 is 1.92 bits per heavy atom. The first-order valence-corrected chi connectivity index (χ1v) is 8.99. The van der Waals surface area contributed by atoms with Crippen molar-refractivity contribution in [1.29, 1.82) is 0 Å². The number of nitrogens with zero attached hydrogens (tertiary/aromatic N) is 3. The average Bonchev–Trinajstić information content (AvgIpc) is 2.86. The Morgan fingerprint density at radius 3 is 2.68 bits per heavy atom. The fourth-order valence-corrected chi connectivity index (χ4v) is 3.99. The number of hydrogen-bond acceptors (Lipinski definition) is 4. The largest absolute Gasteiger partial charge is 0.367 e. The van der Waals surface area contributed by atoms with Gasteiger partial charge in [-0.25, -0.2) is 0 Å². The summed E-state index contributed by atoms with van der Waals surface area (Å²) in [4.78, 5) is 21.6. The van der Waals surface area contributed by atoms with Crippen LogP contribution in [0.15, 0.2) is 30.6 Å². The summed E-state index contributed by atoms with van der Waals surface area (Å²) in [5.74, 6) is 0.0153. The molecule has 0 spiro atoms. The van der Waals surface area contributed by atoms with E-state index in [0.717, 1.165) is 54.2 Å². The van der Waals surface area contributed by atoms with Crippen LogP contribution in [0.3, 0.4) is 0 Å². The second-order valence-electron chi connectivity index (χ2n) is 6.62. The maximum atomic E-state index is 13.0. The fourth-order valence-electron chi connectivity index (χ4n) is 3.81. The second kappa shape index (κ2) is 6.32. The molecule has 4 rings (SSSR count). The number of amides is 1. The van der Waals surface area contributed by atoms with E-state index in [0.29, 0.717) is 5.02 Å². The molecule has 3 heterocycles. The van der Waals surface area contributed by atoms with E-state index in [1.54, 1.807) is 12.3 Å². The van der Waals surface area contributed by atoms with Gasteiger partial charge in [0.2, 0.25) is 0 Å². The van der Waals surface area contributed by atoms with Crippen LogP contribution < -0.4 is 15.1 Å². The zero-order valence-corrected chi connectivity index (χ0v) is 15.2. The lowest BCUT2D eigenvalue weighted by atomic mass is 10.1. The van der Waals surface area contributed by atoms with Crippen molar-refractivity contribution in [1.82, 2.24) is 10.3 Å². The summed E-state index contributed by atoms with van der Waals surface area (Å²) in [6.07, 6.45) is 3.70. The normalized spacial score (nSPS) is 20.1. The molecule has 5 nitrogen and oxygen atoms in total. The highest BCUT2D eigenvalue weighted by atomic mass is 35.5. The number of halogens is 1. The van der Waals surface area contributed by atoms with Crippen molar-refractivity contribution in [2.75, 3.05) is 36.0 Å². The molecule has 1 N–H and O–H groups in total. The molecule has 1 amide bonds. The molecular weight excluding hydrogens is 336 g/mol. The van der Waals surface area contributed by atoms with Crippen molar-refractivity contribution < 1.29 is 4.79 Å². The lowest BCUT2D eigenvalue weighted by Gasteiger charge is -2.32. The van der Waals surface area contributed by atoms with E-state index >= 15 is 0 Å². The van der Waals surface area contributed by atoms with Crippen LogP contribution in [-0.4, -0.2) is 37.1 Å². The van der Waals surface area contributed by atoms with Gasteiger partial charge in [0.05, 0.1) is 29.8 Å². The van der Waals surface area contributed by atoms with Crippen LogP contribution in [0.4, 0.5) is 11.4 Å². The summed E-state index contributed by atoms with van der Waals surface area (Å²) in [5, 5.41) is 4.02. The summed E-state index contributed by atoms with van der Waals surface area (Å²) >= 11 is 6.13. The van der Waals surface area contributed by atoms with Crippen molar-refractivity contribution in [3.05, 3.63) is 52.3 Å². The minimum Gasteiger partial charge on any atom is -0.367 e. The molecule has 130 valence electrons. The van der Waals surface area contributed by atoms with Gasteiger partial charge >= 0.3 is 0 Å². The van der Waals surface area contributed by atoms with E-state index in [2.05, 4.69) is 22.1 Å². The van der Waals surface area contributed by atoms with Gasteiger partial charge in [-0.2, -0.15) is 0 Å². The van der Waals surface area contributed by atoms with Gasteiger partial charge in [-0.3, -0.25) is 14.7 Å². The number of pyridine rings is 1. The minimum atomic E-state index is -0.0556. The molecule has 2 aromatic rings. The van der Waals surface area contributed by atoms with E-state index < -0.39 is 0 Å². The third-order valence-electron chi connectivity index (χ3n) is 5.18. The van der Waals surface area contributed by atoms with Crippen LogP contribution in [0.5, 0.6) is 0 Å². The number of piperazine rings is 1. The SMILES string of the molecule is Cc1c(N2CCNCC2)cncc1N1C(=O)c2ccc(Cl)cc2C1C. The van der Waals surface area contributed by atoms with Gasteiger partial charge in [0.1, 0.15) is 0 Å². The molecule has 0 bridgehead atoms. The number of benzene rings is 1. The van der Waals surface area contributed by atoms with Gasteiger partial charge in [-0.1, -0.05) is 11.6 Å². The molecule has 1 saturated heterocycles. The minimum absolute atomic E-state index is 0.0153. The summed E-state index contributed by atoms with van der Waals surface area (Å²) in [6, 6.07) is 5.43. The van der Waals surface area contributed by atoms with Crippen molar-refractivity contribution in [2.45, 2.75) is 19.9 Å². The van der Waals surface area contributed by atoms with Gasteiger partial charge in [0.25, 0.3) is 5.91 Å². The maximum Gasteiger partial charge on any atom is 0.259 e. The van der Waals surface area contributed by atoms with Crippen molar-refractivity contribution >= 4 is 28.9 Å². The lowest BCUT2D eigenvalue weighted by Crippen LogP contribution is -2.44. The number of fused-ring (bicyclic) bond motifs is 1. The predicted octanol–water partition coefficient (Wildman–Crippen LogP) is 3.17. The molecule has 1 unspecified atom stereocenters. The number of hydrogen-bond donors (Lipinski definition) is 1. The first-order chi connectivity index (χ1) is 12.1. The quantitative estimate of drug-likeness (QED) is 0.897. The maximum absolute atomic E-state index is 13.0. The lowest BCUT2D eigenvalue weighted by molar-refractivity contribution is 0.0992. The predicted molar refractivity (Wildman–Crippen MR) is 101 cm³/mol. The molecule has 2 aliphatic heterocycles. The topological polar surface area (TPSA) is 48.5 Å². The number of rotatable bonds is 2. The summed E-state index contributed by atoms with van der Waals surface area (Å²) in [7, 11) is 0. The smallest absolute Gasteiger partial charge is 0.259 e. The molecule has 1 atom stereocenters. The molecule has 1 aromatic carbocycles. The molecule has 2 aliphatic rings. The third kappa shape index (κ3) is 2.68. The summed E-state index contributed by atoms with van der Waals surface area (Å²) in [6.45, 7) is 7.94. The zero-order valence-electron chi connectivity index (χ0n) is 14.4. The van der Waals surface area contributed by atoms with Crippen molar-refractivity contribution in [3.8, 4) is 0 Å². The van der Waals surface area contributed by atoms with Crippen molar-refractivity contribution in [2.24, 2.45) is 0 Å². The van der Waals surface area contributed by atoms with E-state index in [1.807, 2.05) is 30.2 Å². The van der Waals surface area contributed by atoms with Crippen LogP contribution in [0.25, 0.3) is 0 Å². The van der Waals surface area contributed by atoms with E-state index in [9.17, 15) is 4.79 Å². The molecule has 1 aromatic heterocycles. The van der Waals surface area contributed by atoms with Gasteiger partial charge in [0, 0.05) is 36.8 Å². The number of carbonyl (C=O) groups is 1. The van der Waals surface area contributed by atoms with Crippen LogP contribution in [0, 0.1) is 6.92 Å². The fraction of sp³-hybridized carbons (Fsp3) is 0.368. The van der Waals surface area contributed by atoms with E-state index in [1.165, 1.54) is 0 Å². The molecule has 0 radical (unpaired) electrons. The Kier molecular flexibility index (Phi) is 4.13. The Balaban J connectivity index is 1.74. The number of carbonyl (C=O) groups excluding carboxylic acids is 1. The Labute approximate surface area is 152 Å². The summed E-state index contributed by atoms with van der Waals surface area (Å²) in [5.41, 5.74) is 4.78. The van der Waals surface area contributed by atoms with Crippen LogP contribution in [-0.2, 0) is 0 Å². The molecule has 0 saturated carbocycles. The highest BCUT2D eigenvalue weighted by Gasteiger charge is 2.36. The Morgan fingerprint density at radius 1 is 1.20 bits per heavy atom. The monoisotopic (exact) mass is 356 g/mol. The number of aromatic nitrogens is 1. The zero-order chi connectivity index (χ0) is 17.6. The highest BCUT2D eigenvalue weighted by molar-refractivity contribution is 6.31. The van der Waals surface area contributed by atoms with Crippen molar-refractivity contribution in [3.63, 3.8) is 0 Å². The van der Waals surface area contributed by atoms with Crippen LogP contribution >= 0.6 is 11.6 Å². The Bertz CT molecular complexity index is 832. The second-order valence-corrected chi connectivity index (χ2v) is 7.06. The highest BCUT2D eigenvalue weighted by Crippen LogP contribution is 2.41. The van der Waals surface area contributed by atoms with E-state index in [4.69, 9.17) is 11.6 Å². The Hall–Kier alpha value is -2.11. The average molecular weight is 357 g/mol. The number of anilines is 2. The van der Waals surface area contributed by atoms with Gasteiger partial charge < -0.3 is 10.2 Å². The number of nitrogens with one attached hydrogen (secondary N) is 1. The first-order valence-electron chi connectivity index (χ1n) is 8.61. The van der Waals surface area contributed by atoms with Gasteiger partial charge in [-0.05, 0) is 43.2 Å². The van der Waals surface area contributed by atoms with Crippen LogP contribution in [0.2, 0.25) is 5.02 Å². The molecule has 25 heavy (non-hydrogen) atoms. The molecule has 6 heteroatoms. The first kappa shape index (κ1) is 16.4. The van der Waals surface area contributed by atoms with E-state index in [-0.39, 0.29) is 11.9 Å². The molecule has 1 fully saturated rings. The van der Waals surface area contributed by atoms with Gasteiger partial charge in [-0.15, -0.1) is 0 Å². The third-order valence-corrected chi connectivity index (χ3v) is 5.41.